The molecule has 1 saturated heterocycles. The lowest BCUT2D eigenvalue weighted by atomic mass is 10.3. The number of nitrogens with zero attached hydrogens (tertiary/aromatic N) is 2. The third-order valence-corrected chi connectivity index (χ3v) is 2.86. The summed E-state index contributed by atoms with van der Waals surface area (Å²) in [6, 6.07) is 4.31. The number of carbonyl (C=O) groups is 2. The summed E-state index contributed by atoms with van der Waals surface area (Å²) in [5, 5.41) is 4.76. The molecule has 20 heavy (non-hydrogen) atoms. The van der Waals surface area contributed by atoms with Gasteiger partial charge < -0.3 is 15.4 Å². The second-order valence-electron chi connectivity index (χ2n) is 4.19. The van der Waals surface area contributed by atoms with Gasteiger partial charge in [-0.15, -0.1) is 0 Å². The van der Waals surface area contributed by atoms with E-state index in [1.165, 1.54) is 10.6 Å². The molecule has 0 unspecified atom stereocenters. The highest BCUT2D eigenvalue weighted by atomic mass is 16.6. The molecular formula is C12H10N4O4. The lowest BCUT2D eigenvalue weighted by molar-refractivity contribution is -0.117. The number of anilines is 1. The van der Waals surface area contributed by atoms with Crippen LogP contribution in [-0.2, 0) is 9.53 Å². The first-order valence-electron chi connectivity index (χ1n) is 5.86. The minimum absolute atomic E-state index is 0.0415. The zero-order valence-electron chi connectivity index (χ0n) is 10.2. The van der Waals surface area contributed by atoms with Gasteiger partial charge in [-0.25, -0.2) is 9.78 Å². The zero-order chi connectivity index (χ0) is 14.1. The van der Waals surface area contributed by atoms with Crippen molar-refractivity contribution in [1.29, 1.82) is 0 Å². The molecule has 3 rings (SSSR count). The van der Waals surface area contributed by atoms with Crippen molar-refractivity contribution in [3.63, 3.8) is 0 Å². The van der Waals surface area contributed by atoms with Gasteiger partial charge in [0.25, 0.3) is 11.5 Å². The van der Waals surface area contributed by atoms with Crippen LogP contribution in [0.15, 0.2) is 35.4 Å². The predicted molar refractivity (Wildman–Crippen MR) is 68.4 cm³/mol. The largest absolute Gasteiger partial charge is 0.447 e. The van der Waals surface area contributed by atoms with Crippen LogP contribution in [0.2, 0.25) is 0 Å². The molecule has 1 aliphatic heterocycles. The van der Waals surface area contributed by atoms with E-state index in [0.29, 0.717) is 5.65 Å². The highest BCUT2D eigenvalue weighted by molar-refractivity contribution is 5.97. The number of cyclic esters (lactones) is 1. The number of aromatic nitrogens is 2. The summed E-state index contributed by atoms with van der Waals surface area (Å²) in [6.45, 7) is -0.0625. The zero-order valence-corrected chi connectivity index (χ0v) is 10.2. The van der Waals surface area contributed by atoms with Crippen LogP contribution in [0.5, 0.6) is 0 Å². The Hall–Kier alpha value is -2.90. The number of hydrogen-bond acceptors (Lipinski definition) is 5. The number of ether oxygens (including phenoxy) is 1. The van der Waals surface area contributed by atoms with E-state index in [9.17, 15) is 14.4 Å². The molecule has 2 amide bonds. The minimum atomic E-state index is -0.807. The summed E-state index contributed by atoms with van der Waals surface area (Å²) in [7, 11) is 0. The highest BCUT2D eigenvalue weighted by Gasteiger charge is 2.29. The number of rotatable bonds is 2. The van der Waals surface area contributed by atoms with Crippen LogP contribution in [0.4, 0.5) is 10.5 Å². The first kappa shape index (κ1) is 12.2. The Labute approximate surface area is 112 Å². The molecule has 8 heteroatoms. The number of amides is 2. The van der Waals surface area contributed by atoms with E-state index in [1.54, 1.807) is 24.4 Å². The predicted octanol–water partition coefficient (Wildman–Crippen LogP) is -0.259. The van der Waals surface area contributed by atoms with Gasteiger partial charge in [-0.1, -0.05) is 6.07 Å². The summed E-state index contributed by atoms with van der Waals surface area (Å²) >= 11 is 0. The number of nitrogens with one attached hydrogen (secondary N) is 2. The summed E-state index contributed by atoms with van der Waals surface area (Å²) in [4.78, 5) is 38.9. The Bertz CT molecular complexity index is 754. The van der Waals surface area contributed by atoms with E-state index in [-0.39, 0.29) is 12.3 Å². The Balaban J connectivity index is 1.88. The molecule has 0 spiro atoms. The lowest BCUT2D eigenvalue weighted by Gasteiger charge is -2.09. The quantitative estimate of drug-likeness (QED) is 0.785. The number of carbonyl (C=O) groups excluding carboxylic acids is 2. The normalized spacial score (nSPS) is 17.6. The average Bonchev–Trinajstić information content (AvgIpc) is 2.89. The minimum Gasteiger partial charge on any atom is -0.447 e. The molecule has 102 valence electrons. The number of hydrogen-bond donors (Lipinski definition) is 2. The van der Waals surface area contributed by atoms with Crippen LogP contribution in [0, 0.1) is 0 Å². The SMILES string of the molecule is O=C1N[C@H](C(=O)Nc2cnc3ccccn3c2=O)CO1. The average molecular weight is 274 g/mol. The maximum absolute atomic E-state index is 12.1. The Morgan fingerprint density at radius 2 is 2.30 bits per heavy atom. The van der Waals surface area contributed by atoms with E-state index in [2.05, 4.69) is 20.4 Å². The molecule has 1 aliphatic rings. The van der Waals surface area contributed by atoms with Crippen LogP contribution in [0.1, 0.15) is 0 Å². The molecule has 1 atom stereocenters. The van der Waals surface area contributed by atoms with Crippen LogP contribution < -0.4 is 16.2 Å². The van der Waals surface area contributed by atoms with Crippen LogP contribution in [0.3, 0.4) is 0 Å². The number of fused-ring (bicyclic) bond motifs is 1. The summed E-state index contributed by atoms with van der Waals surface area (Å²) in [6.07, 6.45) is 2.19. The molecule has 0 aliphatic carbocycles. The fourth-order valence-corrected chi connectivity index (χ4v) is 1.86. The first-order chi connectivity index (χ1) is 9.65. The highest BCUT2D eigenvalue weighted by Crippen LogP contribution is 2.04. The summed E-state index contributed by atoms with van der Waals surface area (Å²) in [5.74, 6) is -0.523. The topological polar surface area (TPSA) is 102 Å². The van der Waals surface area contributed by atoms with Crippen molar-refractivity contribution in [3.8, 4) is 0 Å². The second-order valence-corrected chi connectivity index (χ2v) is 4.19. The maximum atomic E-state index is 12.1. The van der Waals surface area contributed by atoms with Gasteiger partial charge >= 0.3 is 6.09 Å². The van der Waals surface area contributed by atoms with Crippen molar-refractivity contribution in [2.45, 2.75) is 6.04 Å². The van der Waals surface area contributed by atoms with Crippen molar-refractivity contribution >= 4 is 23.3 Å². The summed E-state index contributed by atoms with van der Waals surface area (Å²) < 4.78 is 5.93. The van der Waals surface area contributed by atoms with Gasteiger partial charge in [0.15, 0.2) is 0 Å². The third kappa shape index (κ3) is 2.07. The third-order valence-electron chi connectivity index (χ3n) is 2.86. The molecular weight excluding hydrogens is 264 g/mol. The molecule has 0 bridgehead atoms. The van der Waals surface area contributed by atoms with E-state index < -0.39 is 23.6 Å². The Kier molecular flexibility index (Phi) is 2.82. The number of alkyl carbamates (subject to hydrolysis) is 1. The number of pyridine rings is 1. The molecule has 0 saturated carbocycles. The second kappa shape index (κ2) is 4.65. The molecule has 1 fully saturated rings. The smallest absolute Gasteiger partial charge is 0.407 e. The molecule has 2 aromatic rings. The van der Waals surface area contributed by atoms with Crippen molar-refractivity contribution in [3.05, 3.63) is 40.9 Å². The van der Waals surface area contributed by atoms with Gasteiger partial charge in [-0.2, -0.15) is 0 Å². The van der Waals surface area contributed by atoms with Gasteiger partial charge in [0.1, 0.15) is 24.0 Å². The summed E-state index contributed by atoms with van der Waals surface area (Å²) in [5.41, 5.74) is 0.127. The van der Waals surface area contributed by atoms with E-state index in [4.69, 9.17) is 0 Å². The van der Waals surface area contributed by atoms with Crippen molar-refractivity contribution < 1.29 is 14.3 Å². The van der Waals surface area contributed by atoms with Crippen molar-refractivity contribution in [2.75, 3.05) is 11.9 Å². The van der Waals surface area contributed by atoms with Gasteiger partial charge in [-0.3, -0.25) is 14.0 Å². The molecule has 3 heterocycles. The van der Waals surface area contributed by atoms with Gasteiger partial charge in [0.05, 0.1) is 6.20 Å². The van der Waals surface area contributed by atoms with Crippen LogP contribution in [-0.4, -0.2) is 34.0 Å². The van der Waals surface area contributed by atoms with Gasteiger partial charge in [0, 0.05) is 6.20 Å². The molecule has 8 nitrogen and oxygen atoms in total. The Morgan fingerprint density at radius 1 is 1.45 bits per heavy atom. The maximum Gasteiger partial charge on any atom is 0.407 e. The molecule has 2 aromatic heterocycles. The van der Waals surface area contributed by atoms with Crippen LogP contribution in [0.25, 0.3) is 5.65 Å². The van der Waals surface area contributed by atoms with E-state index >= 15 is 0 Å². The fraction of sp³-hybridized carbons (Fsp3) is 0.167. The fourth-order valence-electron chi connectivity index (χ4n) is 1.86. The van der Waals surface area contributed by atoms with Gasteiger partial charge in [0.2, 0.25) is 0 Å². The van der Waals surface area contributed by atoms with Crippen LogP contribution >= 0.6 is 0 Å². The Morgan fingerprint density at radius 3 is 3.05 bits per heavy atom. The standard InChI is InChI=1S/C12H10N4O4/c17-10(8-6-20-12(19)15-8)14-7-5-13-9-3-1-2-4-16(9)11(7)18/h1-5,8H,6H2,(H,14,17)(H,15,19)/t8-/m0/s1. The lowest BCUT2D eigenvalue weighted by Crippen LogP contribution is -2.40. The van der Waals surface area contributed by atoms with E-state index in [0.717, 1.165) is 0 Å². The van der Waals surface area contributed by atoms with E-state index in [1.807, 2.05) is 0 Å². The van der Waals surface area contributed by atoms with Crippen molar-refractivity contribution in [2.24, 2.45) is 0 Å². The molecule has 0 radical (unpaired) electrons. The monoisotopic (exact) mass is 274 g/mol. The van der Waals surface area contributed by atoms with Gasteiger partial charge in [-0.05, 0) is 12.1 Å². The first-order valence-corrected chi connectivity index (χ1v) is 5.86. The van der Waals surface area contributed by atoms with Crippen molar-refractivity contribution in [1.82, 2.24) is 14.7 Å². The molecule has 0 aromatic carbocycles. The molecule has 2 N–H and O–H groups in total.